The molecule has 0 spiro atoms. The third kappa shape index (κ3) is 2.28. The van der Waals surface area contributed by atoms with Gasteiger partial charge in [0, 0.05) is 24.1 Å². The summed E-state index contributed by atoms with van der Waals surface area (Å²) in [5.74, 6) is 0.0537. The maximum Gasteiger partial charge on any atom is 0.151 e. The second kappa shape index (κ2) is 5.02. The molecule has 0 bridgehead atoms. The van der Waals surface area contributed by atoms with Crippen molar-refractivity contribution in [3.05, 3.63) is 24.2 Å². The van der Waals surface area contributed by atoms with E-state index < -0.39 is 5.82 Å². The van der Waals surface area contributed by atoms with Crippen molar-refractivity contribution in [3.63, 3.8) is 0 Å². The van der Waals surface area contributed by atoms with Gasteiger partial charge in [0.05, 0.1) is 5.56 Å². The van der Waals surface area contributed by atoms with Crippen molar-refractivity contribution in [2.24, 2.45) is 4.99 Å². The third-order valence-corrected chi connectivity index (χ3v) is 2.89. The monoisotopic (exact) mass is 256 g/mol. The summed E-state index contributed by atoms with van der Waals surface area (Å²) < 4.78 is 21.0. The van der Waals surface area contributed by atoms with Crippen LogP contribution < -0.4 is 0 Å². The van der Waals surface area contributed by atoms with E-state index >= 15 is 0 Å². The molecule has 5 heteroatoms. The first-order chi connectivity index (χ1) is 8.15. The maximum atomic E-state index is 13.8. The molecule has 1 fully saturated rings. The number of rotatable bonds is 3. The Labute approximate surface area is 105 Å². The van der Waals surface area contributed by atoms with Crippen LogP contribution in [0, 0.1) is 5.82 Å². The summed E-state index contributed by atoms with van der Waals surface area (Å²) >= 11 is 5.81. The number of hydrogen-bond acceptors (Lipinski definition) is 2. The molecule has 0 N–H and O–H groups in total. The summed E-state index contributed by atoms with van der Waals surface area (Å²) in [6, 6.07) is 0. The summed E-state index contributed by atoms with van der Waals surface area (Å²) in [4.78, 5) is 4.17. The molecule has 0 aromatic carbocycles. The molecule has 0 radical (unpaired) electrons. The molecular weight excluding hydrogens is 243 g/mol. The number of hydrogen-bond donors (Lipinski definition) is 0. The zero-order chi connectivity index (χ0) is 12.4. The van der Waals surface area contributed by atoms with Gasteiger partial charge < -0.3 is 9.30 Å². The average molecular weight is 257 g/mol. The molecular formula is C12H14ClFN2O. The van der Waals surface area contributed by atoms with Gasteiger partial charge in [-0.25, -0.2) is 9.38 Å². The second-order valence-electron chi connectivity index (χ2n) is 3.84. The molecule has 0 amide bonds. The Morgan fingerprint density at radius 1 is 1.76 bits per heavy atom. The van der Waals surface area contributed by atoms with Crippen LogP contribution in [0.2, 0.25) is 0 Å². The lowest BCUT2D eigenvalue weighted by atomic mass is 10.3. The van der Waals surface area contributed by atoms with E-state index in [-0.39, 0.29) is 16.8 Å². The molecule has 3 nitrogen and oxygen atoms in total. The van der Waals surface area contributed by atoms with E-state index in [1.807, 2.05) is 0 Å². The van der Waals surface area contributed by atoms with E-state index in [0.717, 1.165) is 12.8 Å². The molecule has 1 aromatic heterocycles. The van der Waals surface area contributed by atoms with Crippen molar-refractivity contribution in [1.29, 1.82) is 0 Å². The normalized spacial score (nSPS) is 20.3. The van der Waals surface area contributed by atoms with Crippen LogP contribution >= 0.6 is 11.6 Å². The van der Waals surface area contributed by atoms with Gasteiger partial charge in [-0.3, -0.25) is 0 Å². The lowest BCUT2D eigenvalue weighted by Gasteiger charge is -2.13. The van der Waals surface area contributed by atoms with Crippen LogP contribution in [-0.2, 0) is 4.74 Å². The molecule has 1 unspecified atom stereocenters. The van der Waals surface area contributed by atoms with Gasteiger partial charge >= 0.3 is 0 Å². The lowest BCUT2D eigenvalue weighted by Crippen LogP contribution is -2.05. The van der Waals surface area contributed by atoms with Crippen LogP contribution in [0.3, 0.4) is 0 Å². The molecule has 1 atom stereocenters. The van der Waals surface area contributed by atoms with Crippen LogP contribution in [0.15, 0.2) is 17.8 Å². The maximum absolute atomic E-state index is 13.8. The second-order valence-corrected chi connectivity index (χ2v) is 4.30. The Hall–Kier alpha value is -1.13. The topological polar surface area (TPSA) is 26.5 Å². The highest BCUT2D eigenvalue weighted by Gasteiger charge is 2.24. The fraction of sp³-hybridized carbons (Fsp3) is 0.417. The Balaban J connectivity index is 2.51. The highest BCUT2D eigenvalue weighted by molar-refractivity contribution is 6.48. The summed E-state index contributed by atoms with van der Waals surface area (Å²) in [5.41, 5.74) is 0.250. The van der Waals surface area contributed by atoms with Gasteiger partial charge in [-0.05, 0) is 19.8 Å². The predicted molar refractivity (Wildman–Crippen MR) is 67.3 cm³/mol. The summed E-state index contributed by atoms with van der Waals surface area (Å²) in [7, 11) is 0. The van der Waals surface area contributed by atoms with Crippen LogP contribution in [0.4, 0.5) is 10.2 Å². The highest BCUT2D eigenvalue weighted by Crippen LogP contribution is 2.37. The van der Waals surface area contributed by atoms with Gasteiger partial charge in [-0.2, -0.15) is 0 Å². The van der Waals surface area contributed by atoms with Gasteiger partial charge in [-0.1, -0.05) is 18.2 Å². The number of aromatic nitrogens is 1. The molecule has 1 aliphatic heterocycles. The third-order valence-electron chi connectivity index (χ3n) is 2.70. The zero-order valence-corrected chi connectivity index (χ0v) is 10.4. The molecule has 1 aliphatic rings. The first-order valence-electron chi connectivity index (χ1n) is 5.50. The van der Waals surface area contributed by atoms with Gasteiger partial charge in [0.1, 0.15) is 12.0 Å². The molecule has 1 aromatic rings. The van der Waals surface area contributed by atoms with Crippen molar-refractivity contribution in [2.75, 3.05) is 6.61 Å². The lowest BCUT2D eigenvalue weighted by molar-refractivity contribution is 0.0579. The van der Waals surface area contributed by atoms with E-state index in [1.165, 1.54) is 6.20 Å². The van der Waals surface area contributed by atoms with Crippen molar-refractivity contribution in [1.82, 2.24) is 4.57 Å². The minimum absolute atomic E-state index is 0.153. The predicted octanol–water partition coefficient (Wildman–Crippen LogP) is 3.87. The summed E-state index contributed by atoms with van der Waals surface area (Å²) in [6.07, 6.45) is 4.64. The average Bonchev–Trinajstić information content (AvgIpc) is 2.86. The van der Waals surface area contributed by atoms with E-state index in [9.17, 15) is 4.39 Å². The van der Waals surface area contributed by atoms with Gasteiger partial charge in [0.25, 0.3) is 0 Å². The Bertz CT molecular complexity index is 461. The molecule has 0 aliphatic carbocycles. The minimum atomic E-state index is -0.416. The van der Waals surface area contributed by atoms with Crippen molar-refractivity contribution < 1.29 is 9.13 Å². The quantitative estimate of drug-likeness (QED) is 0.754. The number of nitrogens with zero attached hydrogens (tertiary/aromatic N) is 2. The van der Waals surface area contributed by atoms with Crippen LogP contribution in [0.5, 0.6) is 0 Å². The molecule has 92 valence electrons. The molecule has 2 rings (SSSR count). The summed E-state index contributed by atoms with van der Waals surface area (Å²) in [6.45, 7) is 6.03. The van der Waals surface area contributed by atoms with E-state index in [2.05, 4.69) is 11.6 Å². The van der Waals surface area contributed by atoms with Crippen molar-refractivity contribution >= 4 is 28.7 Å². The van der Waals surface area contributed by atoms with Crippen molar-refractivity contribution in [2.45, 2.75) is 26.0 Å². The fourth-order valence-corrected chi connectivity index (χ4v) is 2.16. The number of aliphatic imine (C=N–C) groups is 1. The van der Waals surface area contributed by atoms with Gasteiger partial charge in [0.2, 0.25) is 0 Å². The molecule has 2 heterocycles. The highest BCUT2D eigenvalue weighted by atomic mass is 35.5. The SMILES string of the molecule is C=C(Cl)c1c(F)cn(C2CCCO2)c1N=CC. The van der Waals surface area contributed by atoms with Crippen LogP contribution in [0.1, 0.15) is 31.6 Å². The Kier molecular flexibility index (Phi) is 3.64. The Morgan fingerprint density at radius 3 is 3.06 bits per heavy atom. The number of ether oxygens (including phenoxy) is 1. The van der Waals surface area contributed by atoms with Crippen LogP contribution in [0.25, 0.3) is 5.03 Å². The first kappa shape index (κ1) is 12.3. The van der Waals surface area contributed by atoms with E-state index in [1.54, 1.807) is 17.7 Å². The number of halogens is 2. The van der Waals surface area contributed by atoms with Gasteiger partial charge in [-0.15, -0.1) is 0 Å². The standard InChI is InChI=1S/C12H14ClFN2O/c1-3-15-12-11(8(2)13)9(14)7-16(12)10-5-4-6-17-10/h3,7,10H,2,4-6H2,1H3. The Morgan fingerprint density at radius 2 is 2.53 bits per heavy atom. The minimum Gasteiger partial charge on any atom is -0.358 e. The van der Waals surface area contributed by atoms with Crippen molar-refractivity contribution in [3.8, 4) is 0 Å². The smallest absolute Gasteiger partial charge is 0.151 e. The van der Waals surface area contributed by atoms with E-state index in [4.69, 9.17) is 16.3 Å². The summed E-state index contributed by atoms with van der Waals surface area (Å²) in [5, 5.41) is 0.153. The molecule has 1 saturated heterocycles. The van der Waals surface area contributed by atoms with Gasteiger partial charge in [0.15, 0.2) is 5.82 Å². The molecule has 0 saturated carbocycles. The zero-order valence-electron chi connectivity index (χ0n) is 9.62. The fourth-order valence-electron chi connectivity index (χ4n) is 1.99. The molecule has 17 heavy (non-hydrogen) atoms. The largest absolute Gasteiger partial charge is 0.358 e. The van der Waals surface area contributed by atoms with E-state index in [0.29, 0.717) is 12.4 Å². The van der Waals surface area contributed by atoms with Crippen LogP contribution in [-0.4, -0.2) is 17.4 Å². The first-order valence-corrected chi connectivity index (χ1v) is 5.88.